The summed E-state index contributed by atoms with van der Waals surface area (Å²) in [6, 6.07) is 6.34. The molecule has 0 saturated carbocycles. The van der Waals surface area contributed by atoms with Gasteiger partial charge in [0, 0.05) is 6.54 Å². The summed E-state index contributed by atoms with van der Waals surface area (Å²) in [5.41, 5.74) is 1.01. The van der Waals surface area contributed by atoms with Crippen molar-refractivity contribution in [3.8, 4) is 0 Å². The maximum atomic E-state index is 12.6. The van der Waals surface area contributed by atoms with Crippen LogP contribution in [-0.2, 0) is 13.1 Å². The minimum absolute atomic E-state index is 0.225. The third-order valence-electron chi connectivity index (χ3n) is 1.91. The number of hydrogen-bond donors (Lipinski definition) is 2. The Morgan fingerprint density at radius 1 is 1.20 bits per heavy atom. The van der Waals surface area contributed by atoms with Crippen LogP contribution in [-0.4, -0.2) is 20.6 Å². The molecule has 6 heteroatoms. The largest absolute Gasteiger partial charge is 0.306 e. The minimum Gasteiger partial charge on any atom is -0.306 e. The van der Waals surface area contributed by atoms with Crippen LogP contribution in [0.2, 0.25) is 0 Å². The first-order valence-electron chi connectivity index (χ1n) is 4.52. The van der Waals surface area contributed by atoms with Crippen LogP contribution in [0.4, 0.5) is 4.39 Å². The van der Waals surface area contributed by atoms with Gasteiger partial charge in [0.25, 0.3) is 0 Å². The summed E-state index contributed by atoms with van der Waals surface area (Å²) < 4.78 is 12.6. The van der Waals surface area contributed by atoms with E-state index < -0.39 is 0 Å². The molecule has 1 aromatic carbocycles. The second kappa shape index (κ2) is 4.61. The molecule has 0 amide bonds. The van der Waals surface area contributed by atoms with E-state index in [1.54, 1.807) is 12.1 Å². The number of rotatable bonds is 4. The van der Waals surface area contributed by atoms with E-state index in [0.717, 1.165) is 5.56 Å². The zero-order chi connectivity index (χ0) is 10.5. The lowest BCUT2D eigenvalue weighted by molar-refractivity contribution is 0.623. The predicted molar refractivity (Wildman–Crippen MR) is 51.1 cm³/mol. The fourth-order valence-electron chi connectivity index (χ4n) is 1.18. The van der Waals surface area contributed by atoms with Crippen LogP contribution in [0.25, 0.3) is 0 Å². The number of benzene rings is 1. The van der Waals surface area contributed by atoms with Gasteiger partial charge in [0.2, 0.25) is 0 Å². The van der Waals surface area contributed by atoms with Gasteiger partial charge in [-0.25, -0.2) is 4.39 Å². The average molecular weight is 207 g/mol. The summed E-state index contributed by atoms with van der Waals surface area (Å²) in [6.45, 7) is 1.18. The molecular formula is C9H10FN5. The van der Waals surface area contributed by atoms with E-state index in [0.29, 0.717) is 18.9 Å². The Morgan fingerprint density at radius 3 is 2.67 bits per heavy atom. The smallest absolute Gasteiger partial charge is 0.188 e. The molecule has 0 aliphatic rings. The zero-order valence-electron chi connectivity index (χ0n) is 7.94. The molecule has 2 N–H and O–H groups in total. The molecule has 0 unspecified atom stereocenters. The maximum absolute atomic E-state index is 12.6. The summed E-state index contributed by atoms with van der Waals surface area (Å²) in [5, 5.41) is 16.5. The van der Waals surface area contributed by atoms with Gasteiger partial charge in [-0.15, -0.1) is 10.2 Å². The molecular weight excluding hydrogens is 197 g/mol. The number of halogens is 1. The van der Waals surface area contributed by atoms with Crippen molar-refractivity contribution in [3.05, 3.63) is 41.5 Å². The Balaban J connectivity index is 1.81. The first kappa shape index (κ1) is 9.72. The van der Waals surface area contributed by atoms with E-state index >= 15 is 0 Å². The molecule has 0 radical (unpaired) electrons. The van der Waals surface area contributed by atoms with Gasteiger partial charge in [-0.3, -0.25) is 0 Å². The zero-order valence-corrected chi connectivity index (χ0v) is 7.94. The fourth-order valence-corrected chi connectivity index (χ4v) is 1.18. The van der Waals surface area contributed by atoms with E-state index in [1.165, 1.54) is 12.1 Å². The fraction of sp³-hybridized carbons (Fsp3) is 0.222. The van der Waals surface area contributed by atoms with Gasteiger partial charge >= 0.3 is 0 Å². The summed E-state index contributed by atoms with van der Waals surface area (Å²) in [6.07, 6.45) is 0. The predicted octanol–water partition coefficient (Wildman–Crippen LogP) is 0.629. The van der Waals surface area contributed by atoms with E-state index in [1.807, 2.05) is 0 Å². The third-order valence-corrected chi connectivity index (χ3v) is 1.91. The molecule has 0 spiro atoms. The first-order chi connectivity index (χ1) is 7.34. The van der Waals surface area contributed by atoms with Crippen molar-refractivity contribution < 1.29 is 4.39 Å². The van der Waals surface area contributed by atoms with Gasteiger partial charge in [0.05, 0.1) is 6.54 Å². The quantitative estimate of drug-likeness (QED) is 0.771. The normalized spacial score (nSPS) is 10.5. The van der Waals surface area contributed by atoms with Crippen molar-refractivity contribution in [1.82, 2.24) is 25.9 Å². The molecule has 0 aliphatic carbocycles. The molecule has 0 fully saturated rings. The number of nitrogens with one attached hydrogen (secondary N) is 2. The SMILES string of the molecule is Fc1ccc(CNCc2nn[nH]n2)cc1. The van der Waals surface area contributed by atoms with Crippen LogP contribution in [0.1, 0.15) is 11.4 Å². The minimum atomic E-state index is -0.225. The van der Waals surface area contributed by atoms with Gasteiger partial charge in [-0.1, -0.05) is 17.3 Å². The Hall–Kier alpha value is -1.82. The van der Waals surface area contributed by atoms with E-state index in [4.69, 9.17) is 0 Å². The highest BCUT2D eigenvalue weighted by Gasteiger charge is 1.97. The molecule has 0 atom stereocenters. The van der Waals surface area contributed by atoms with Gasteiger partial charge < -0.3 is 5.32 Å². The molecule has 78 valence electrons. The Labute approximate surface area is 85.7 Å². The summed E-state index contributed by atoms with van der Waals surface area (Å²) in [5.74, 6) is 0.383. The van der Waals surface area contributed by atoms with Crippen LogP contribution in [0.5, 0.6) is 0 Å². The Kier molecular flexibility index (Phi) is 2.99. The number of aromatic nitrogens is 4. The van der Waals surface area contributed by atoms with Crippen molar-refractivity contribution in [2.45, 2.75) is 13.1 Å². The first-order valence-corrected chi connectivity index (χ1v) is 4.52. The average Bonchev–Trinajstić information content (AvgIpc) is 2.74. The van der Waals surface area contributed by atoms with E-state index in [9.17, 15) is 4.39 Å². The molecule has 5 nitrogen and oxygen atoms in total. The molecule has 2 aromatic rings. The molecule has 0 aliphatic heterocycles. The summed E-state index contributed by atoms with van der Waals surface area (Å²) in [4.78, 5) is 0. The third kappa shape index (κ3) is 2.81. The highest BCUT2D eigenvalue weighted by atomic mass is 19.1. The van der Waals surface area contributed by atoms with Crippen LogP contribution in [0.15, 0.2) is 24.3 Å². The second-order valence-electron chi connectivity index (χ2n) is 3.06. The molecule has 1 heterocycles. The van der Waals surface area contributed by atoms with Crippen molar-refractivity contribution in [2.24, 2.45) is 0 Å². The molecule has 0 bridgehead atoms. The van der Waals surface area contributed by atoms with E-state index in [2.05, 4.69) is 25.9 Å². The molecule has 15 heavy (non-hydrogen) atoms. The van der Waals surface area contributed by atoms with Crippen molar-refractivity contribution in [3.63, 3.8) is 0 Å². The standard InChI is InChI=1S/C9H10FN5/c10-8-3-1-7(2-4-8)5-11-6-9-12-14-15-13-9/h1-4,11H,5-6H2,(H,12,13,14,15). The number of H-pyrrole nitrogens is 1. The number of nitrogens with zero attached hydrogens (tertiary/aromatic N) is 3. The molecule has 2 rings (SSSR count). The lowest BCUT2D eigenvalue weighted by atomic mass is 10.2. The number of hydrogen-bond acceptors (Lipinski definition) is 4. The van der Waals surface area contributed by atoms with Crippen LogP contribution >= 0.6 is 0 Å². The molecule has 1 aromatic heterocycles. The van der Waals surface area contributed by atoms with Gasteiger partial charge in [0.1, 0.15) is 5.82 Å². The molecule has 0 saturated heterocycles. The number of tetrazole rings is 1. The van der Waals surface area contributed by atoms with Crippen LogP contribution in [0.3, 0.4) is 0 Å². The Morgan fingerprint density at radius 2 is 2.00 bits per heavy atom. The van der Waals surface area contributed by atoms with Crippen molar-refractivity contribution in [2.75, 3.05) is 0 Å². The second-order valence-corrected chi connectivity index (χ2v) is 3.06. The van der Waals surface area contributed by atoms with Gasteiger partial charge in [-0.05, 0) is 17.7 Å². The monoisotopic (exact) mass is 207 g/mol. The number of aromatic amines is 1. The lowest BCUT2D eigenvalue weighted by Gasteiger charge is -2.01. The summed E-state index contributed by atoms with van der Waals surface area (Å²) >= 11 is 0. The van der Waals surface area contributed by atoms with Gasteiger partial charge in [-0.2, -0.15) is 5.21 Å². The van der Waals surface area contributed by atoms with Crippen molar-refractivity contribution >= 4 is 0 Å². The highest BCUT2D eigenvalue weighted by molar-refractivity contribution is 5.15. The van der Waals surface area contributed by atoms with E-state index in [-0.39, 0.29) is 5.82 Å². The topological polar surface area (TPSA) is 66.5 Å². The van der Waals surface area contributed by atoms with Gasteiger partial charge in [0.15, 0.2) is 5.82 Å². The lowest BCUT2D eigenvalue weighted by Crippen LogP contribution is -2.13. The van der Waals surface area contributed by atoms with Crippen LogP contribution < -0.4 is 5.32 Å². The Bertz CT molecular complexity index is 397. The highest BCUT2D eigenvalue weighted by Crippen LogP contribution is 2.02. The van der Waals surface area contributed by atoms with Crippen molar-refractivity contribution in [1.29, 1.82) is 0 Å². The summed E-state index contributed by atoms with van der Waals surface area (Å²) in [7, 11) is 0. The van der Waals surface area contributed by atoms with Crippen LogP contribution in [0, 0.1) is 5.82 Å². The maximum Gasteiger partial charge on any atom is 0.188 e.